The second kappa shape index (κ2) is 6.72. The number of benzene rings is 2. The molecule has 1 aliphatic rings. The summed E-state index contributed by atoms with van der Waals surface area (Å²) >= 11 is 1.55. The van der Waals surface area contributed by atoms with E-state index < -0.39 is 10.0 Å². The van der Waals surface area contributed by atoms with Gasteiger partial charge >= 0.3 is 0 Å². The Morgan fingerprint density at radius 1 is 1.16 bits per heavy atom. The van der Waals surface area contributed by atoms with Crippen LogP contribution >= 0.6 is 11.8 Å². The minimum atomic E-state index is -3.75. The topological polar surface area (TPSA) is 75.3 Å². The molecule has 0 bridgehead atoms. The highest BCUT2D eigenvalue weighted by atomic mass is 32.2. The van der Waals surface area contributed by atoms with Crippen molar-refractivity contribution in [1.29, 1.82) is 0 Å². The van der Waals surface area contributed by atoms with E-state index in [0.717, 1.165) is 16.0 Å². The number of sulfonamides is 1. The van der Waals surface area contributed by atoms with E-state index in [1.807, 2.05) is 39.0 Å². The normalized spacial score (nSPS) is 17.4. The quantitative estimate of drug-likeness (QED) is 0.855. The van der Waals surface area contributed by atoms with Crippen molar-refractivity contribution in [3.05, 3.63) is 47.5 Å². The minimum Gasteiger partial charge on any atom is -0.325 e. The molecule has 0 aliphatic carbocycles. The zero-order valence-electron chi connectivity index (χ0n) is 14.3. The fourth-order valence-corrected chi connectivity index (χ4v) is 4.85. The van der Waals surface area contributed by atoms with Crippen LogP contribution in [0.3, 0.4) is 0 Å². The molecule has 5 nitrogen and oxygen atoms in total. The molecule has 0 saturated carbocycles. The second-order valence-corrected chi connectivity index (χ2v) is 8.98. The Balaban J connectivity index is 1.96. The summed E-state index contributed by atoms with van der Waals surface area (Å²) in [5, 5.41) is 2.82. The lowest BCUT2D eigenvalue weighted by molar-refractivity contribution is -0.118. The summed E-state index contributed by atoms with van der Waals surface area (Å²) in [6.07, 6.45) is 0. The van der Waals surface area contributed by atoms with E-state index >= 15 is 0 Å². The van der Waals surface area contributed by atoms with Gasteiger partial charge < -0.3 is 5.32 Å². The average molecular weight is 377 g/mol. The van der Waals surface area contributed by atoms with Gasteiger partial charge in [0.05, 0.1) is 16.3 Å². The lowest BCUT2D eigenvalue weighted by Crippen LogP contribution is -2.20. The van der Waals surface area contributed by atoms with Gasteiger partial charge in [-0.15, -0.1) is 11.8 Å². The summed E-state index contributed by atoms with van der Waals surface area (Å²) in [7, 11) is -3.75. The summed E-state index contributed by atoms with van der Waals surface area (Å²) in [6, 6.07) is 10.5. The molecule has 0 saturated heterocycles. The van der Waals surface area contributed by atoms with Gasteiger partial charge in [-0.1, -0.05) is 25.1 Å². The predicted molar refractivity (Wildman–Crippen MR) is 102 cm³/mol. The molecule has 1 amide bonds. The molecule has 7 heteroatoms. The Bertz CT molecular complexity index is 919. The van der Waals surface area contributed by atoms with Crippen LogP contribution in [0, 0.1) is 19.8 Å². The van der Waals surface area contributed by atoms with Gasteiger partial charge in [-0.25, -0.2) is 8.42 Å². The number of para-hydroxylation sites is 1. The molecule has 132 valence electrons. The number of carbonyl (C=O) groups is 1. The Morgan fingerprint density at radius 2 is 1.84 bits per heavy atom. The van der Waals surface area contributed by atoms with Crippen LogP contribution in [0.4, 0.5) is 11.4 Å². The number of nitrogens with one attached hydrogen (secondary N) is 2. The van der Waals surface area contributed by atoms with Gasteiger partial charge in [0.1, 0.15) is 0 Å². The van der Waals surface area contributed by atoms with E-state index in [2.05, 4.69) is 10.0 Å². The van der Waals surface area contributed by atoms with Crippen molar-refractivity contribution in [3.63, 3.8) is 0 Å². The van der Waals surface area contributed by atoms with Crippen LogP contribution in [0.15, 0.2) is 46.2 Å². The SMILES string of the molecule is Cc1cccc(C)c1NS(=O)(=O)c1ccc2c(c1)NC(=O)[C@@H](C)CS2. The van der Waals surface area contributed by atoms with E-state index in [4.69, 9.17) is 0 Å². The standard InChI is InChI=1S/C18H20N2O3S2/c1-11-5-4-6-12(2)17(11)20-25(22,23)14-7-8-16-15(9-14)19-18(21)13(3)10-24-16/h4-9,13,20H,10H2,1-3H3,(H,19,21)/t13-/m0/s1. The number of carbonyl (C=O) groups excluding carboxylic acids is 1. The van der Waals surface area contributed by atoms with E-state index in [0.29, 0.717) is 17.1 Å². The zero-order chi connectivity index (χ0) is 18.2. The van der Waals surface area contributed by atoms with Crippen LogP contribution < -0.4 is 10.0 Å². The second-order valence-electron chi connectivity index (χ2n) is 6.23. The Morgan fingerprint density at radius 3 is 2.52 bits per heavy atom. The van der Waals surface area contributed by atoms with Gasteiger partial charge in [0.15, 0.2) is 0 Å². The third-order valence-electron chi connectivity index (χ3n) is 4.17. The number of rotatable bonds is 3. The lowest BCUT2D eigenvalue weighted by atomic mass is 10.1. The number of fused-ring (bicyclic) bond motifs is 1. The molecule has 2 aromatic rings. The van der Waals surface area contributed by atoms with Crippen LogP contribution in [0.1, 0.15) is 18.1 Å². The molecule has 1 heterocycles. The van der Waals surface area contributed by atoms with Gasteiger partial charge in [-0.2, -0.15) is 0 Å². The number of hydrogen-bond donors (Lipinski definition) is 2. The van der Waals surface area contributed by atoms with Gasteiger partial charge in [0.25, 0.3) is 10.0 Å². The van der Waals surface area contributed by atoms with Crippen molar-refractivity contribution in [2.24, 2.45) is 5.92 Å². The fourth-order valence-electron chi connectivity index (χ4n) is 2.61. The molecule has 2 aromatic carbocycles. The molecule has 0 aromatic heterocycles. The number of hydrogen-bond acceptors (Lipinski definition) is 4. The Kier molecular flexibility index (Phi) is 4.79. The summed E-state index contributed by atoms with van der Waals surface area (Å²) in [4.78, 5) is 13.0. The van der Waals surface area contributed by atoms with Gasteiger partial charge in [-0.3, -0.25) is 9.52 Å². The molecular formula is C18H20N2O3S2. The van der Waals surface area contributed by atoms with E-state index in [1.54, 1.807) is 23.9 Å². The number of thioether (sulfide) groups is 1. The Hall–Kier alpha value is -1.99. The smallest absolute Gasteiger partial charge is 0.261 e. The van der Waals surface area contributed by atoms with Crippen molar-refractivity contribution >= 4 is 39.1 Å². The van der Waals surface area contributed by atoms with Crippen LogP contribution in [-0.2, 0) is 14.8 Å². The molecule has 3 rings (SSSR count). The molecule has 0 spiro atoms. The summed E-state index contributed by atoms with van der Waals surface area (Å²) < 4.78 is 28.3. The van der Waals surface area contributed by atoms with E-state index in [1.165, 1.54) is 6.07 Å². The van der Waals surface area contributed by atoms with Crippen molar-refractivity contribution in [2.45, 2.75) is 30.6 Å². The maximum absolute atomic E-state index is 12.8. The third-order valence-corrected chi connectivity index (χ3v) is 6.85. The molecular weight excluding hydrogens is 356 g/mol. The van der Waals surface area contributed by atoms with Crippen LogP contribution in [-0.4, -0.2) is 20.1 Å². The van der Waals surface area contributed by atoms with Gasteiger partial charge in [0.2, 0.25) is 5.91 Å². The van der Waals surface area contributed by atoms with Crippen LogP contribution in [0.25, 0.3) is 0 Å². The molecule has 0 fully saturated rings. The predicted octanol–water partition coefficient (Wildman–Crippen LogP) is 3.78. The minimum absolute atomic E-state index is 0.0940. The average Bonchev–Trinajstić information content (AvgIpc) is 2.70. The molecule has 0 unspecified atom stereocenters. The molecule has 2 N–H and O–H groups in total. The zero-order valence-corrected chi connectivity index (χ0v) is 15.9. The monoisotopic (exact) mass is 376 g/mol. The van der Waals surface area contributed by atoms with Crippen LogP contribution in [0.2, 0.25) is 0 Å². The Labute approximate surface area is 152 Å². The molecule has 25 heavy (non-hydrogen) atoms. The lowest BCUT2D eigenvalue weighted by Gasteiger charge is -2.14. The first-order chi connectivity index (χ1) is 11.8. The van der Waals surface area contributed by atoms with Crippen LogP contribution in [0.5, 0.6) is 0 Å². The summed E-state index contributed by atoms with van der Waals surface area (Å²) in [6.45, 7) is 5.58. The summed E-state index contributed by atoms with van der Waals surface area (Å²) in [5.41, 5.74) is 2.85. The molecule has 1 atom stereocenters. The van der Waals surface area contributed by atoms with Crippen molar-refractivity contribution in [1.82, 2.24) is 0 Å². The van der Waals surface area contributed by atoms with Crippen molar-refractivity contribution in [2.75, 3.05) is 15.8 Å². The molecule has 0 radical (unpaired) electrons. The highest BCUT2D eigenvalue weighted by molar-refractivity contribution is 7.99. The highest BCUT2D eigenvalue weighted by Crippen LogP contribution is 2.34. The maximum Gasteiger partial charge on any atom is 0.261 e. The van der Waals surface area contributed by atoms with E-state index in [-0.39, 0.29) is 16.7 Å². The third kappa shape index (κ3) is 3.67. The highest BCUT2D eigenvalue weighted by Gasteiger charge is 2.23. The molecule has 1 aliphatic heterocycles. The number of aryl methyl sites for hydroxylation is 2. The van der Waals surface area contributed by atoms with Crippen molar-refractivity contribution < 1.29 is 13.2 Å². The van der Waals surface area contributed by atoms with Gasteiger partial charge in [0, 0.05) is 16.6 Å². The summed E-state index contributed by atoms with van der Waals surface area (Å²) in [5.74, 6) is 0.458. The first-order valence-corrected chi connectivity index (χ1v) is 10.4. The fraction of sp³-hybridized carbons (Fsp3) is 0.278. The largest absolute Gasteiger partial charge is 0.325 e. The maximum atomic E-state index is 12.8. The van der Waals surface area contributed by atoms with Gasteiger partial charge in [-0.05, 0) is 43.2 Å². The first-order valence-electron chi connectivity index (χ1n) is 7.94. The van der Waals surface area contributed by atoms with E-state index in [9.17, 15) is 13.2 Å². The van der Waals surface area contributed by atoms with Crippen molar-refractivity contribution in [3.8, 4) is 0 Å². The first kappa shape index (κ1) is 17.8. The number of anilines is 2. The number of amides is 1.